The Balaban J connectivity index is 1.85. The number of rotatable bonds is 6. The van der Waals surface area contributed by atoms with Crippen molar-refractivity contribution in [3.63, 3.8) is 0 Å². The molecule has 0 unspecified atom stereocenters. The molecule has 0 aliphatic heterocycles. The summed E-state index contributed by atoms with van der Waals surface area (Å²) in [4.78, 5) is 3.46. The smallest absolute Gasteiger partial charge is 0.269 e. The van der Waals surface area contributed by atoms with Gasteiger partial charge in [0.1, 0.15) is 10.7 Å². The van der Waals surface area contributed by atoms with Crippen molar-refractivity contribution < 1.29 is 12.8 Å². The highest BCUT2D eigenvalue weighted by Crippen LogP contribution is 2.31. The van der Waals surface area contributed by atoms with Crippen molar-refractivity contribution in [2.24, 2.45) is 0 Å². The zero-order chi connectivity index (χ0) is 22.2. The molecule has 6 nitrogen and oxygen atoms in total. The molecule has 0 aliphatic rings. The molecule has 0 saturated carbocycles. The molecule has 0 spiro atoms. The van der Waals surface area contributed by atoms with Crippen molar-refractivity contribution in [2.45, 2.75) is 18.4 Å². The molecular weight excluding hydrogens is 439 g/mol. The summed E-state index contributed by atoms with van der Waals surface area (Å²) >= 11 is 6.33. The van der Waals surface area contributed by atoms with Gasteiger partial charge >= 0.3 is 0 Å². The van der Waals surface area contributed by atoms with Gasteiger partial charge in [-0.05, 0) is 55.4 Å². The number of pyridine rings is 1. The third-order valence-electron chi connectivity index (χ3n) is 4.86. The Kier molecular flexibility index (Phi) is 5.70. The highest BCUT2D eigenvalue weighted by atomic mass is 35.5. The zero-order valence-electron chi connectivity index (χ0n) is 16.9. The number of aryl methyl sites for hydroxylation is 1. The molecule has 0 amide bonds. The van der Waals surface area contributed by atoms with Crippen molar-refractivity contribution in [1.82, 2.24) is 14.3 Å². The lowest BCUT2D eigenvalue weighted by Gasteiger charge is -2.11. The standard InChI is InChI=1S/C22H20ClFN4O2S/c1-14-3-6-21(20(23)7-14)27-17-4-5-19-15(10-25-2)13-28(22(19)9-17)31(29,30)18-8-16(24)11-26-12-18/h3-9,11-13,25,27H,10H2,1-2H3. The van der Waals surface area contributed by atoms with Gasteiger partial charge in [0.05, 0.1) is 22.4 Å². The fraction of sp³-hybridized carbons (Fsp3) is 0.136. The number of nitrogens with zero attached hydrogens (tertiary/aromatic N) is 2. The second kappa shape index (κ2) is 8.30. The maximum atomic E-state index is 13.7. The molecule has 31 heavy (non-hydrogen) atoms. The summed E-state index contributed by atoms with van der Waals surface area (Å²) in [6.07, 6.45) is 3.65. The largest absolute Gasteiger partial charge is 0.354 e. The van der Waals surface area contributed by atoms with Crippen LogP contribution >= 0.6 is 11.6 Å². The first kappa shape index (κ1) is 21.3. The lowest BCUT2D eigenvalue weighted by atomic mass is 10.1. The topological polar surface area (TPSA) is 76.0 Å². The molecule has 0 radical (unpaired) electrons. The predicted octanol–water partition coefficient (Wildman–Crippen LogP) is 4.84. The van der Waals surface area contributed by atoms with Crippen LogP contribution in [0.3, 0.4) is 0 Å². The number of anilines is 2. The van der Waals surface area contributed by atoms with E-state index in [-0.39, 0.29) is 4.90 Å². The Morgan fingerprint density at radius 1 is 1.13 bits per heavy atom. The predicted molar refractivity (Wildman–Crippen MR) is 121 cm³/mol. The SMILES string of the molecule is CNCc1cn(S(=O)(=O)c2cncc(F)c2)c2cc(Nc3ccc(C)cc3Cl)ccc12. The van der Waals surface area contributed by atoms with Crippen LogP contribution in [0, 0.1) is 12.7 Å². The Bertz CT molecular complexity index is 1390. The fourth-order valence-corrected chi connectivity index (χ4v) is 5.04. The van der Waals surface area contributed by atoms with Crippen LogP contribution in [-0.4, -0.2) is 24.4 Å². The molecule has 4 rings (SSSR count). The highest BCUT2D eigenvalue weighted by molar-refractivity contribution is 7.90. The van der Waals surface area contributed by atoms with Gasteiger partial charge in [-0.2, -0.15) is 0 Å². The summed E-state index contributed by atoms with van der Waals surface area (Å²) in [6.45, 7) is 2.42. The van der Waals surface area contributed by atoms with E-state index in [1.165, 1.54) is 0 Å². The number of aromatic nitrogens is 2. The van der Waals surface area contributed by atoms with Gasteiger partial charge in [-0.25, -0.2) is 16.8 Å². The van der Waals surface area contributed by atoms with Crippen LogP contribution in [0.1, 0.15) is 11.1 Å². The first-order valence-corrected chi connectivity index (χ1v) is 11.3. The first-order chi connectivity index (χ1) is 14.8. The normalized spacial score (nSPS) is 11.7. The summed E-state index contributed by atoms with van der Waals surface area (Å²) in [5, 5.41) is 7.60. The molecule has 0 bridgehead atoms. The average Bonchev–Trinajstić information content (AvgIpc) is 3.09. The van der Waals surface area contributed by atoms with Gasteiger partial charge in [-0.1, -0.05) is 23.7 Å². The van der Waals surface area contributed by atoms with Gasteiger partial charge in [0, 0.05) is 30.0 Å². The Morgan fingerprint density at radius 3 is 2.65 bits per heavy atom. The average molecular weight is 459 g/mol. The fourth-order valence-electron chi connectivity index (χ4n) is 3.40. The molecule has 2 heterocycles. The molecule has 160 valence electrons. The van der Waals surface area contributed by atoms with E-state index in [0.717, 1.165) is 38.9 Å². The minimum Gasteiger partial charge on any atom is -0.354 e. The molecule has 4 aromatic rings. The molecule has 2 aromatic carbocycles. The van der Waals surface area contributed by atoms with Crippen LogP contribution in [0.15, 0.2) is 66.0 Å². The molecule has 0 saturated heterocycles. The number of benzene rings is 2. The van der Waals surface area contributed by atoms with E-state index in [4.69, 9.17) is 11.6 Å². The molecule has 9 heteroatoms. The van der Waals surface area contributed by atoms with Crippen LogP contribution in [0.5, 0.6) is 0 Å². The minimum atomic E-state index is -4.06. The van der Waals surface area contributed by atoms with Gasteiger partial charge in [0.2, 0.25) is 0 Å². The second-order valence-electron chi connectivity index (χ2n) is 7.16. The van der Waals surface area contributed by atoms with Crippen molar-refractivity contribution >= 4 is 43.9 Å². The van der Waals surface area contributed by atoms with E-state index < -0.39 is 15.8 Å². The number of halogens is 2. The molecule has 0 atom stereocenters. The Morgan fingerprint density at radius 2 is 1.94 bits per heavy atom. The number of hydrogen-bond donors (Lipinski definition) is 2. The lowest BCUT2D eigenvalue weighted by Crippen LogP contribution is -2.13. The van der Waals surface area contributed by atoms with Gasteiger partial charge < -0.3 is 10.6 Å². The monoisotopic (exact) mass is 458 g/mol. The van der Waals surface area contributed by atoms with Gasteiger partial charge in [0.15, 0.2) is 0 Å². The van der Waals surface area contributed by atoms with Crippen LogP contribution in [-0.2, 0) is 16.6 Å². The second-order valence-corrected chi connectivity index (χ2v) is 9.39. The van der Waals surface area contributed by atoms with Crippen molar-refractivity contribution in [3.8, 4) is 0 Å². The minimum absolute atomic E-state index is 0.222. The van der Waals surface area contributed by atoms with Crippen LogP contribution in [0.25, 0.3) is 10.9 Å². The van der Waals surface area contributed by atoms with E-state index in [0.29, 0.717) is 28.5 Å². The Labute approximate surface area is 184 Å². The molecule has 0 aliphatic carbocycles. The molecule has 2 aromatic heterocycles. The third kappa shape index (κ3) is 4.14. The summed E-state index contributed by atoms with van der Waals surface area (Å²) in [5.41, 5.74) is 3.66. The van der Waals surface area contributed by atoms with Crippen LogP contribution < -0.4 is 10.6 Å². The summed E-state index contributed by atoms with van der Waals surface area (Å²) in [5.74, 6) is -0.718. The molecular formula is C22H20ClFN4O2S. The summed E-state index contributed by atoms with van der Waals surface area (Å²) in [7, 11) is -2.28. The Hall–Kier alpha value is -2.94. The van der Waals surface area contributed by atoms with E-state index >= 15 is 0 Å². The number of nitrogens with one attached hydrogen (secondary N) is 2. The van der Waals surface area contributed by atoms with Crippen molar-refractivity contribution in [2.75, 3.05) is 12.4 Å². The quantitative estimate of drug-likeness (QED) is 0.432. The van der Waals surface area contributed by atoms with Gasteiger partial charge in [-0.3, -0.25) is 4.98 Å². The van der Waals surface area contributed by atoms with E-state index in [1.54, 1.807) is 19.3 Å². The van der Waals surface area contributed by atoms with Crippen molar-refractivity contribution in [3.05, 3.63) is 83.0 Å². The van der Waals surface area contributed by atoms with E-state index in [9.17, 15) is 12.8 Å². The van der Waals surface area contributed by atoms with E-state index in [1.807, 2.05) is 37.3 Å². The van der Waals surface area contributed by atoms with E-state index in [2.05, 4.69) is 15.6 Å². The van der Waals surface area contributed by atoms with Crippen molar-refractivity contribution in [1.29, 1.82) is 0 Å². The van der Waals surface area contributed by atoms with Gasteiger partial charge in [0.25, 0.3) is 10.0 Å². The van der Waals surface area contributed by atoms with Crippen LogP contribution in [0.2, 0.25) is 5.02 Å². The van der Waals surface area contributed by atoms with Gasteiger partial charge in [-0.15, -0.1) is 0 Å². The first-order valence-electron chi connectivity index (χ1n) is 9.47. The summed E-state index contributed by atoms with van der Waals surface area (Å²) < 4.78 is 41.4. The maximum absolute atomic E-state index is 13.7. The molecule has 2 N–H and O–H groups in total. The van der Waals surface area contributed by atoms with Crippen LogP contribution in [0.4, 0.5) is 15.8 Å². The molecule has 0 fully saturated rings. The highest BCUT2D eigenvalue weighted by Gasteiger charge is 2.22. The maximum Gasteiger partial charge on any atom is 0.269 e. The number of hydrogen-bond acceptors (Lipinski definition) is 5. The number of fused-ring (bicyclic) bond motifs is 1. The third-order valence-corrected chi connectivity index (χ3v) is 6.81. The summed E-state index contributed by atoms with van der Waals surface area (Å²) in [6, 6.07) is 12.0. The lowest BCUT2D eigenvalue weighted by molar-refractivity contribution is 0.582. The zero-order valence-corrected chi connectivity index (χ0v) is 18.4.